The highest BCUT2D eigenvalue weighted by Crippen LogP contribution is 2.28. The number of rotatable bonds is 8. The molecule has 0 aliphatic carbocycles. The van der Waals surface area contributed by atoms with Gasteiger partial charge in [-0.3, -0.25) is 4.98 Å². The SMILES string of the molecule is COc1ccc2occ(CCN3CCC(O)(CNS(=O)(=O)c4cccc5cnccc45)CC3)c2c1. The number of methoxy groups -OCH3 is 1. The first-order valence-corrected chi connectivity index (χ1v) is 13.2. The molecule has 2 aromatic carbocycles. The standard InChI is InChI=1S/C26H29N3O5S/c1-33-21-5-6-24-23(15-21)20(17-34-24)8-12-29-13-9-26(30,10-14-29)18-28-35(31,32)25-4-2-3-19-16-27-11-7-22(19)25/h2-7,11,15-17,28,30H,8-10,12-14,18H2,1H3. The number of pyridine rings is 1. The van der Waals surface area contributed by atoms with Gasteiger partial charge in [0.1, 0.15) is 11.3 Å². The van der Waals surface area contributed by atoms with Crippen LogP contribution in [0.4, 0.5) is 0 Å². The molecular weight excluding hydrogens is 466 g/mol. The summed E-state index contributed by atoms with van der Waals surface area (Å²) in [4.78, 5) is 6.54. The molecule has 184 valence electrons. The van der Waals surface area contributed by atoms with Crippen molar-refractivity contribution in [1.29, 1.82) is 0 Å². The second-order valence-electron chi connectivity index (χ2n) is 9.12. The topological polar surface area (TPSA) is 105 Å². The average molecular weight is 496 g/mol. The molecule has 0 saturated carbocycles. The second kappa shape index (κ2) is 9.58. The van der Waals surface area contributed by atoms with E-state index in [-0.39, 0.29) is 11.4 Å². The maximum Gasteiger partial charge on any atom is 0.241 e. The third-order valence-corrected chi connectivity index (χ3v) is 8.33. The Bertz CT molecular complexity index is 1440. The summed E-state index contributed by atoms with van der Waals surface area (Å²) in [6.45, 7) is 2.20. The quantitative estimate of drug-likeness (QED) is 0.386. The average Bonchev–Trinajstić information content (AvgIpc) is 3.29. The van der Waals surface area contributed by atoms with Crippen LogP contribution >= 0.6 is 0 Å². The van der Waals surface area contributed by atoms with Crippen LogP contribution in [0, 0.1) is 0 Å². The monoisotopic (exact) mass is 495 g/mol. The first kappa shape index (κ1) is 23.7. The van der Waals surface area contributed by atoms with Crippen LogP contribution in [-0.2, 0) is 16.4 Å². The molecule has 3 heterocycles. The van der Waals surface area contributed by atoms with E-state index in [1.165, 1.54) is 0 Å². The summed E-state index contributed by atoms with van der Waals surface area (Å²) in [6.07, 6.45) is 6.82. The largest absolute Gasteiger partial charge is 0.497 e. The first-order chi connectivity index (χ1) is 16.9. The van der Waals surface area contributed by atoms with Gasteiger partial charge in [-0.15, -0.1) is 0 Å². The van der Waals surface area contributed by atoms with E-state index in [2.05, 4.69) is 14.6 Å². The van der Waals surface area contributed by atoms with Crippen LogP contribution < -0.4 is 9.46 Å². The van der Waals surface area contributed by atoms with Crippen molar-refractivity contribution < 1.29 is 22.7 Å². The predicted octanol–water partition coefficient (Wildman–Crippen LogP) is 3.34. The van der Waals surface area contributed by atoms with Gasteiger partial charge < -0.3 is 19.2 Å². The van der Waals surface area contributed by atoms with E-state index >= 15 is 0 Å². The molecule has 2 N–H and O–H groups in total. The van der Waals surface area contributed by atoms with Gasteiger partial charge in [0.25, 0.3) is 0 Å². The van der Waals surface area contributed by atoms with Crippen LogP contribution in [0.15, 0.2) is 70.4 Å². The van der Waals surface area contributed by atoms with Gasteiger partial charge in [-0.05, 0) is 55.2 Å². The Hall–Kier alpha value is -2.98. The van der Waals surface area contributed by atoms with Gasteiger partial charge in [0.15, 0.2) is 0 Å². The molecule has 4 aromatic rings. The molecule has 0 spiro atoms. The van der Waals surface area contributed by atoms with Crippen LogP contribution in [0.1, 0.15) is 18.4 Å². The predicted molar refractivity (Wildman–Crippen MR) is 134 cm³/mol. The number of aliphatic hydroxyl groups is 1. The molecule has 0 radical (unpaired) electrons. The number of furan rings is 1. The number of sulfonamides is 1. The van der Waals surface area contributed by atoms with Crippen LogP contribution in [0.3, 0.4) is 0 Å². The van der Waals surface area contributed by atoms with Gasteiger partial charge in [0, 0.05) is 54.7 Å². The third kappa shape index (κ3) is 5.04. The molecule has 0 atom stereocenters. The highest BCUT2D eigenvalue weighted by atomic mass is 32.2. The molecule has 0 amide bonds. The Morgan fingerprint density at radius 1 is 1.17 bits per heavy atom. The summed E-state index contributed by atoms with van der Waals surface area (Å²) in [5.41, 5.74) is 0.882. The van der Waals surface area contributed by atoms with Crippen LogP contribution in [0.5, 0.6) is 5.75 Å². The molecule has 1 saturated heterocycles. The maximum atomic E-state index is 13.0. The molecular formula is C26H29N3O5S. The van der Waals surface area contributed by atoms with Crippen molar-refractivity contribution in [2.45, 2.75) is 29.8 Å². The summed E-state index contributed by atoms with van der Waals surface area (Å²) in [5, 5.41) is 13.5. The zero-order valence-electron chi connectivity index (χ0n) is 19.6. The van der Waals surface area contributed by atoms with Gasteiger partial charge in [-0.25, -0.2) is 13.1 Å². The lowest BCUT2D eigenvalue weighted by Gasteiger charge is -2.38. The minimum Gasteiger partial charge on any atom is -0.497 e. The van der Waals surface area contributed by atoms with E-state index in [0.717, 1.165) is 40.6 Å². The van der Waals surface area contributed by atoms with Crippen molar-refractivity contribution in [3.63, 3.8) is 0 Å². The smallest absolute Gasteiger partial charge is 0.241 e. The van der Waals surface area contributed by atoms with Crippen molar-refractivity contribution in [2.24, 2.45) is 0 Å². The number of nitrogens with zero attached hydrogens (tertiary/aromatic N) is 2. The van der Waals surface area contributed by atoms with Gasteiger partial charge >= 0.3 is 0 Å². The fourth-order valence-electron chi connectivity index (χ4n) is 4.66. The highest BCUT2D eigenvalue weighted by molar-refractivity contribution is 7.89. The minimum atomic E-state index is -3.78. The van der Waals surface area contributed by atoms with Gasteiger partial charge in [-0.2, -0.15) is 0 Å². The van der Waals surface area contributed by atoms with E-state index in [4.69, 9.17) is 9.15 Å². The first-order valence-electron chi connectivity index (χ1n) is 11.7. The van der Waals surface area contributed by atoms with E-state index in [0.29, 0.717) is 31.3 Å². The van der Waals surface area contributed by atoms with Crippen molar-refractivity contribution in [3.05, 3.63) is 66.7 Å². The number of likely N-dealkylation sites (tertiary alicyclic amines) is 1. The summed E-state index contributed by atoms with van der Waals surface area (Å²) >= 11 is 0. The number of hydrogen-bond donors (Lipinski definition) is 2. The lowest BCUT2D eigenvalue weighted by molar-refractivity contribution is -0.0158. The Morgan fingerprint density at radius 3 is 2.80 bits per heavy atom. The van der Waals surface area contributed by atoms with Crippen molar-refractivity contribution in [1.82, 2.24) is 14.6 Å². The van der Waals surface area contributed by atoms with E-state index in [1.807, 2.05) is 24.3 Å². The Labute approximate surface area is 204 Å². The molecule has 1 aliphatic heterocycles. The summed E-state index contributed by atoms with van der Waals surface area (Å²) in [6, 6.07) is 12.6. The Morgan fingerprint density at radius 2 is 2.00 bits per heavy atom. The van der Waals surface area contributed by atoms with E-state index in [9.17, 15) is 13.5 Å². The number of benzene rings is 2. The highest BCUT2D eigenvalue weighted by Gasteiger charge is 2.34. The molecule has 9 heteroatoms. The molecule has 2 aromatic heterocycles. The van der Waals surface area contributed by atoms with Crippen LogP contribution in [0.2, 0.25) is 0 Å². The Kier molecular flexibility index (Phi) is 6.50. The van der Waals surface area contributed by atoms with Crippen LogP contribution in [0.25, 0.3) is 21.7 Å². The molecule has 0 bridgehead atoms. The second-order valence-corrected chi connectivity index (χ2v) is 10.9. The molecule has 35 heavy (non-hydrogen) atoms. The van der Waals surface area contributed by atoms with Crippen molar-refractivity contribution in [3.8, 4) is 5.75 Å². The molecule has 5 rings (SSSR count). The number of piperidine rings is 1. The van der Waals surface area contributed by atoms with Crippen molar-refractivity contribution >= 4 is 31.8 Å². The normalized spacial score (nSPS) is 16.6. The summed E-state index contributed by atoms with van der Waals surface area (Å²) in [7, 11) is -2.13. The lowest BCUT2D eigenvalue weighted by atomic mass is 9.91. The summed E-state index contributed by atoms with van der Waals surface area (Å²) < 4.78 is 39.7. The number of ether oxygens (including phenoxy) is 1. The Balaban J connectivity index is 1.18. The van der Waals surface area contributed by atoms with Gasteiger partial charge in [0.2, 0.25) is 10.0 Å². The third-order valence-electron chi connectivity index (χ3n) is 6.87. The minimum absolute atomic E-state index is 0.0171. The molecule has 1 fully saturated rings. The van der Waals surface area contributed by atoms with Gasteiger partial charge in [0.05, 0.1) is 23.9 Å². The lowest BCUT2D eigenvalue weighted by Crippen LogP contribution is -2.51. The van der Waals surface area contributed by atoms with Gasteiger partial charge in [-0.1, -0.05) is 12.1 Å². The van der Waals surface area contributed by atoms with Crippen molar-refractivity contribution in [2.75, 3.05) is 33.3 Å². The van der Waals surface area contributed by atoms with E-state index < -0.39 is 15.6 Å². The fraction of sp³-hybridized carbons (Fsp3) is 0.346. The van der Waals surface area contributed by atoms with E-state index in [1.54, 1.807) is 44.0 Å². The molecule has 1 aliphatic rings. The van der Waals surface area contributed by atoms with Crippen LogP contribution in [-0.4, -0.2) is 62.3 Å². The summed E-state index contributed by atoms with van der Waals surface area (Å²) in [5.74, 6) is 0.797. The number of aromatic nitrogens is 1. The fourth-order valence-corrected chi connectivity index (χ4v) is 6.01. The number of hydrogen-bond acceptors (Lipinski definition) is 7. The number of nitrogens with one attached hydrogen (secondary N) is 1. The molecule has 0 unspecified atom stereocenters. The zero-order chi connectivity index (χ0) is 24.5. The maximum absolute atomic E-state index is 13.0. The number of fused-ring (bicyclic) bond motifs is 2. The molecule has 8 nitrogen and oxygen atoms in total. The zero-order valence-corrected chi connectivity index (χ0v) is 20.4.